The summed E-state index contributed by atoms with van der Waals surface area (Å²) in [6, 6.07) is 18.5. The van der Waals surface area contributed by atoms with Crippen molar-refractivity contribution < 1.29 is 38.1 Å². The third-order valence-corrected chi connectivity index (χ3v) is 7.46. The zero-order valence-electron chi connectivity index (χ0n) is 25.3. The molecule has 5 atom stereocenters. The van der Waals surface area contributed by atoms with Crippen molar-refractivity contribution >= 4 is 20.5 Å². The van der Waals surface area contributed by atoms with E-state index in [0.29, 0.717) is 0 Å². The molecule has 3 rings (SSSR count). The maximum Gasteiger partial charge on any atom is 0.327 e. The molecule has 3 N–H and O–H groups in total. The second-order valence-electron chi connectivity index (χ2n) is 10.1. The molecular weight excluding hydrogens is 559 g/mol. The van der Waals surface area contributed by atoms with Gasteiger partial charge in [0.15, 0.2) is 0 Å². The minimum atomic E-state index is -2.59. The number of amides is 1. The Morgan fingerprint density at radius 1 is 0.857 bits per heavy atom. The van der Waals surface area contributed by atoms with E-state index in [0.717, 1.165) is 11.1 Å². The monoisotopic (exact) mass is 606 g/mol. The fourth-order valence-electron chi connectivity index (χ4n) is 4.97. The number of nitrogens with one attached hydrogen (secondary N) is 1. The molecule has 1 aliphatic carbocycles. The average molecular weight is 607 g/mol. The number of benzene rings is 2. The van der Waals surface area contributed by atoms with Crippen LogP contribution in [-0.2, 0) is 41.5 Å². The lowest BCUT2D eigenvalue weighted by molar-refractivity contribution is -0.186. The van der Waals surface area contributed by atoms with Crippen LogP contribution in [-0.4, -0.2) is 77.2 Å². The van der Waals surface area contributed by atoms with Gasteiger partial charge in [0.05, 0.1) is 32.0 Å². The summed E-state index contributed by atoms with van der Waals surface area (Å²) in [6.07, 6.45) is -1.75. The molecule has 1 fully saturated rings. The number of hydrogen-bond acceptors (Lipinski definition) is 9. The van der Waals surface area contributed by atoms with Gasteiger partial charge in [0, 0.05) is 19.8 Å². The molecule has 1 aliphatic rings. The Kier molecular flexibility index (Phi) is 16.8. The van der Waals surface area contributed by atoms with Gasteiger partial charge in [-0.05, 0) is 37.2 Å². The SMILES string of the molecule is CC(=O)N[C@H]1[C@@H](OCc2ccccc2)[C@H](OCc2ccccc2)[C@@H](COP(O)O)C[C@@H]1OC(C)=O.CCN(CC)CC. The highest BCUT2D eigenvalue weighted by molar-refractivity contribution is 7.39. The first-order valence-electron chi connectivity index (χ1n) is 14.5. The molecule has 10 nitrogen and oxygen atoms in total. The van der Waals surface area contributed by atoms with Gasteiger partial charge in [-0.2, -0.15) is 0 Å². The Balaban J connectivity index is 0.000000782. The summed E-state index contributed by atoms with van der Waals surface area (Å²) in [5.41, 5.74) is 1.87. The van der Waals surface area contributed by atoms with Crippen LogP contribution in [0, 0.1) is 5.92 Å². The molecule has 0 aromatic heterocycles. The van der Waals surface area contributed by atoms with Gasteiger partial charge in [-0.25, -0.2) is 0 Å². The minimum absolute atomic E-state index is 0.0477. The summed E-state index contributed by atoms with van der Waals surface area (Å²) >= 11 is 0. The third-order valence-electron chi connectivity index (χ3n) is 7.08. The molecule has 0 radical (unpaired) electrons. The van der Waals surface area contributed by atoms with E-state index < -0.39 is 44.8 Å². The van der Waals surface area contributed by atoms with Gasteiger partial charge in [0.25, 0.3) is 0 Å². The van der Waals surface area contributed by atoms with E-state index in [4.69, 9.17) is 18.7 Å². The zero-order chi connectivity index (χ0) is 30.9. The van der Waals surface area contributed by atoms with Crippen molar-refractivity contribution in [3.8, 4) is 0 Å². The number of carbonyl (C=O) groups excluding carboxylic acids is 2. The van der Waals surface area contributed by atoms with E-state index in [-0.39, 0.29) is 32.1 Å². The Morgan fingerprint density at radius 3 is 1.76 bits per heavy atom. The Bertz CT molecular complexity index is 1020. The number of esters is 1. The van der Waals surface area contributed by atoms with Crippen molar-refractivity contribution in [2.75, 3.05) is 26.2 Å². The predicted octanol–water partition coefficient (Wildman–Crippen LogP) is 4.19. The van der Waals surface area contributed by atoms with Crippen molar-refractivity contribution in [2.24, 2.45) is 5.92 Å². The maximum atomic E-state index is 12.1. The van der Waals surface area contributed by atoms with Crippen LogP contribution in [0.4, 0.5) is 0 Å². The van der Waals surface area contributed by atoms with Crippen LogP contribution in [0.25, 0.3) is 0 Å². The quantitative estimate of drug-likeness (QED) is 0.214. The van der Waals surface area contributed by atoms with Crippen molar-refractivity contribution in [3.63, 3.8) is 0 Å². The van der Waals surface area contributed by atoms with Crippen molar-refractivity contribution in [1.29, 1.82) is 0 Å². The molecule has 0 bridgehead atoms. The maximum absolute atomic E-state index is 12.1. The van der Waals surface area contributed by atoms with Gasteiger partial charge in [-0.1, -0.05) is 81.4 Å². The van der Waals surface area contributed by atoms with Crippen molar-refractivity contribution in [1.82, 2.24) is 10.2 Å². The van der Waals surface area contributed by atoms with Gasteiger partial charge in [0.1, 0.15) is 12.2 Å². The summed E-state index contributed by atoms with van der Waals surface area (Å²) in [7, 11) is -2.59. The molecule has 2 aromatic carbocycles. The van der Waals surface area contributed by atoms with Gasteiger partial charge in [0.2, 0.25) is 5.91 Å². The number of hydrogen-bond donors (Lipinski definition) is 3. The molecule has 0 aliphatic heterocycles. The molecule has 11 heteroatoms. The highest BCUT2D eigenvalue weighted by atomic mass is 31.2. The fourth-order valence-corrected chi connectivity index (χ4v) is 5.29. The standard InChI is InChI=1S/C25H32NO8P.C6H15N/c1-17(27)26-23-22(34-18(2)28)13-21(16-33-35(29)30)24(31-14-19-9-5-3-6-10-19)25(23)32-15-20-11-7-4-8-12-20;1-4-7(5-2)6-3/h3-12,21-25,29-30H,13-16H2,1-2H3,(H,26,27);4-6H2,1-3H3/t21-,22+,23-,24-,25-;/m1./s1. The van der Waals surface area contributed by atoms with Gasteiger partial charge in [-0.3, -0.25) is 9.59 Å². The first-order chi connectivity index (χ1) is 20.2. The molecule has 0 spiro atoms. The smallest absolute Gasteiger partial charge is 0.327 e. The Morgan fingerprint density at radius 2 is 1.36 bits per heavy atom. The fraction of sp³-hybridized carbons (Fsp3) is 0.548. The zero-order valence-corrected chi connectivity index (χ0v) is 26.2. The first kappa shape index (κ1) is 35.8. The summed E-state index contributed by atoms with van der Waals surface area (Å²) in [5.74, 6) is -1.20. The number of carbonyl (C=O) groups is 2. The molecule has 1 amide bonds. The topological polar surface area (TPSA) is 127 Å². The molecule has 234 valence electrons. The highest BCUT2D eigenvalue weighted by Gasteiger charge is 2.48. The number of nitrogens with zero attached hydrogens (tertiary/aromatic N) is 1. The van der Waals surface area contributed by atoms with Crippen LogP contribution >= 0.6 is 8.60 Å². The van der Waals surface area contributed by atoms with Crippen LogP contribution in [0.3, 0.4) is 0 Å². The lowest BCUT2D eigenvalue weighted by Crippen LogP contribution is -2.63. The van der Waals surface area contributed by atoms with Gasteiger partial charge >= 0.3 is 14.6 Å². The largest absolute Gasteiger partial charge is 0.460 e. The van der Waals surface area contributed by atoms with E-state index in [1.165, 1.54) is 33.5 Å². The average Bonchev–Trinajstić information content (AvgIpc) is 2.97. The second kappa shape index (κ2) is 19.7. The summed E-state index contributed by atoms with van der Waals surface area (Å²) in [6.45, 7) is 13.3. The van der Waals surface area contributed by atoms with Gasteiger partial charge < -0.3 is 38.7 Å². The lowest BCUT2D eigenvalue weighted by Gasteiger charge is -2.46. The second-order valence-corrected chi connectivity index (χ2v) is 10.8. The van der Waals surface area contributed by atoms with Crippen LogP contribution in [0.5, 0.6) is 0 Å². The van der Waals surface area contributed by atoms with E-state index in [9.17, 15) is 19.4 Å². The van der Waals surface area contributed by atoms with Gasteiger partial charge in [-0.15, -0.1) is 0 Å². The molecule has 0 heterocycles. The molecule has 0 saturated heterocycles. The summed E-state index contributed by atoms with van der Waals surface area (Å²) < 4.78 is 23.4. The summed E-state index contributed by atoms with van der Waals surface area (Å²) in [5, 5.41) is 2.88. The lowest BCUT2D eigenvalue weighted by atomic mass is 9.79. The Hall–Kier alpha value is -2.43. The Labute approximate surface area is 251 Å². The number of rotatable bonds is 14. The predicted molar refractivity (Wildman–Crippen MR) is 162 cm³/mol. The van der Waals surface area contributed by atoms with Crippen LogP contribution < -0.4 is 5.32 Å². The molecular formula is C31H47N2O8P. The number of ether oxygens (including phenoxy) is 3. The van der Waals surface area contributed by atoms with Crippen molar-refractivity contribution in [3.05, 3.63) is 71.8 Å². The van der Waals surface area contributed by atoms with E-state index >= 15 is 0 Å². The highest BCUT2D eigenvalue weighted by Crippen LogP contribution is 2.36. The third kappa shape index (κ3) is 12.8. The van der Waals surface area contributed by atoms with Crippen LogP contribution in [0.15, 0.2) is 60.7 Å². The first-order valence-corrected chi connectivity index (χ1v) is 15.6. The molecule has 42 heavy (non-hydrogen) atoms. The van der Waals surface area contributed by atoms with E-state index in [1.54, 1.807) is 0 Å². The van der Waals surface area contributed by atoms with Crippen LogP contribution in [0.1, 0.15) is 52.2 Å². The molecule has 0 unspecified atom stereocenters. The minimum Gasteiger partial charge on any atom is -0.460 e. The van der Waals surface area contributed by atoms with E-state index in [2.05, 4.69) is 31.0 Å². The van der Waals surface area contributed by atoms with Crippen molar-refractivity contribution in [2.45, 2.75) is 78.6 Å². The van der Waals surface area contributed by atoms with E-state index in [1.807, 2.05) is 60.7 Å². The summed E-state index contributed by atoms with van der Waals surface area (Å²) in [4.78, 5) is 45.1. The normalized spacial score (nSPS) is 21.9. The van der Waals surface area contributed by atoms with Crippen LogP contribution in [0.2, 0.25) is 0 Å². The molecule has 2 aromatic rings. The molecule has 1 saturated carbocycles.